The molecule has 0 radical (unpaired) electrons. The molecule has 1 aliphatic carbocycles. The second-order valence-electron chi connectivity index (χ2n) is 5.12. The highest BCUT2D eigenvalue weighted by Crippen LogP contribution is 2.54. The van der Waals surface area contributed by atoms with Crippen LogP contribution in [0, 0.1) is 0 Å². The lowest BCUT2D eigenvalue weighted by Crippen LogP contribution is -2.17. The van der Waals surface area contributed by atoms with E-state index in [2.05, 4.69) is 46.7 Å². The molecule has 0 spiro atoms. The Balaban J connectivity index is 1.69. The van der Waals surface area contributed by atoms with Gasteiger partial charge in [0.15, 0.2) is 0 Å². The van der Waals surface area contributed by atoms with E-state index in [0.717, 1.165) is 18.9 Å². The van der Waals surface area contributed by atoms with E-state index in [1.54, 1.807) is 0 Å². The first kappa shape index (κ1) is 12.4. The third-order valence-electron chi connectivity index (χ3n) is 3.67. The summed E-state index contributed by atoms with van der Waals surface area (Å²) >= 11 is 0. The van der Waals surface area contributed by atoms with Crippen LogP contribution >= 0.6 is 0 Å². The van der Waals surface area contributed by atoms with E-state index in [1.807, 2.05) is 13.0 Å². The molecular weight excluding hydrogens is 238 g/mol. The highest BCUT2D eigenvalue weighted by Gasteiger charge is 2.43. The van der Waals surface area contributed by atoms with Gasteiger partial charge in [0, 0.05) is 5.92 Å². The maximum absolute atomic E-state index is 5.79. The van der Waals surface area contributed by atoms with Crippen LogP contribution in [0.15, 0.2) is 34.7 Å². The smallest absolute Gasteiger partial charge is 0.233 e. The minimum atomic E-state index is 0.125. The number of hydrogen-bond donors (Lipinski definition) is 1. The Bertz CT molecular complexity index is 537. The van der Waals surface area contributed by atoms with Crippen molar-refractivity contribution in [1.29, 1.82) is 0 Å². The number of benzene rings is 1. The van der Waals surface area contributed by atoms with Crippen molar-refractivity contribution in [3.63, 3.8) is 0 Å². The van der Waals surface area contributed by atoms with Gasteiger partial charge in [0.05, 0.1) is 6.04 Å². The van der Waals surface area contributed by atoms with Gasteiger partial charge >= 0.3 is 0 Å². The molecule has 0 saturated heterocycles. The van der Waals surface area contributed by atoms with E-state index in [-0.39, 0.29) is 6.04 Å². The van der Waals surface area contributed by atoms with Crippen LogP contribution in [0.3, 0.4) is 0 Å². The van der Waals surface area contributed by atoms with Crippen LogP contribution < -0.4 is 5.32 Å². The van der Waals surface area contributed by atoms with Gasteiger partial charge in [-0.3, -0.25) is 0 Å². The molecule has 0 bridgehead atoms. The number of hydrogen-bond acceptors (Lipinski definition) is 4. The molecule has 2 aromatic rings. The highest BCUT2D eigenvalue weighted by molar-refractivity contribution is 5.30. The Labute approximate surface area is 113 Å². The lowest BCUT2D eigenvalue weighted by Gasteiger charge is -2.05. The topological polar surface area (TPSA) is 51.0 Å². The van der Waals surface area contributed by atoms with Crippen LogP contribution in [0.5, 0.6) is 0 Å². The van der Waals surface area contributed by atoms with Gasteiger partial charge in [-0.25, -0.2) is 0 Å². The van der Waals surface area contributed by atoms with Gasteiger partial charge in [-0.05, 0) is 31.4 Å². The highest BCUT2D eigenvalue weighted by atomic mass is 16.4. The summed E-state index contributed by atoms with van der Waals surface area (Å²) in [5.74, 6) is 2.42. The zero-order chi connectivity index (χ0) is 13.2. The van der Waals surface area contributed by atoms with Gasteiger partial charge in [-0.2, -0.15) is 0 Å². The summed E-state index contributed by atoms with van der Waals surface area (Å²) in [5, 5.41) is 11.6. The Morgan fingerprint density at radius 3 is 2.79 bits per heavy atom. The maximum atomic E-state index is 5.79. The molecule has 1 heterocycles. The molecule has 1 aromatic carbocycles. The molecule has 19 heavy (non-hydrogen) atoms. The van der Waals surface area contributed by atoms with Crippen LogP contribution in [-0.2, 0) is 0 Å². The summed E-state index contributed by atoms with van der Waals surface area (Å²) < 4.78 is 5.79. The van der Waals surface area contributed by atoms with E-state index in [1.165, 1.54) is 5.56 Å². The van der Waals surface area contributed by atoms with Crippen LogP contribution in [-0.4, -0.2) is 16.7 Å². The second-order valence-corrected chi connectivity index (χ2v) is 5.12. The minimum absolute atomic E-state index is 0.125. The molecule has 1 saturated carbocycles. The van der Waals surface area contributed by atoms with Crippen molar-refractivity contribution in [2.45, 2.75) is 38.1 Å². The average molecular weight is 257 g/mol. The summed E-state index contributed by atoms with van der Waals surface area (Å²) in [6.45, 7) is 5.01. The fraction of sp³-hybridized carbons (Fsp3) is 0.467. The van der Waals surface area contributed by atoms with E-state index in [4.69, 9.17) is 4.42 Å². The fourth-order valence-corrected chi connectivity index (χ4v) is 2.50. The number of nitrogens with one attached hydrogen (secondary N) is 1. The zero-order valence-electron chi connectivity index (χ0n) is 11.3. The molecule has 1 N–H and O–H groups in total. The fourth-order valence-electron chi connectivity index (χ4n) is 2.50. The summed E-state index contributed by atoms with van der Waals surface area (Å²) in [6, 6.07) is 10.7. The molecule has 100 valence electrons. The first-order valence-corrected chi connectivity index (χ1v) is 6.91. The molecule has 1 aliphatic rings. The number of aromatic nitrogens is 2. The molecule has 3 atom stereocenters. The van der Waals surface area contributed by atoms with Crippen molar-refractivity contribution in [2.24, 2.45) is 0 Å². The first-order valence-electron chi connectivity index (χ1n) is 6.91. The Kier molecular flexibility index (Phi) is 3.34. The standard InChI is InChI=1S/C15H19N3O/c1-3-16-10(2)14-17-18-15(19-14)13-9-12(13)11-7-5-4-6-8-11/h4-8,10,12-13,16H,3,9H2,1-2H3. The monoisotopic (exact) mass is 257 g/mol. The van der Waals surface area contributed by atoms with Gasteiger partial charge < -0.3 is 9.73 Å². The molecule has 0 aliphatic heterocycles. The second kappa shape index (κ2) is 5.13. The van der Waals surface area contributed by atoms with Gasteiger partial charge in [-0.15, -0.1) is 10.2 Å². The summed E-state index contributed by atoms with van der Waals surface area (Å²) in [5.41, 5.74) is 1.37. The van der Waals surface area contributed by atoms with E-state index >= 15 is 0 Å². The first-order chi connectivity index (χ1) is 9.29. The predicted octanol–water partition coefficient (Wildman–Crippen LogP) is 3.01. The zero-order valence-corrected chi connectivity index (χ0v) is 11.3. The van der Waals surface area contributed by atoms with Crippen LogP contribution in [0.4, 0.5) is 0 Å². The predicted molar refractivity (Wildman–Crippen MR) is 72.9 cm³/mol. The molecule has 3 unspecified atom stereocenters. The number of nitrogens with zero attached hydrogens (tertiary/aromatic N) is 2. The number of rotatable bonds is 5. The maximum Gasteiger partial charge on any atom is 0.233 e. The van der Waals surface area contributed by atoms with E-state index in [0.29, 0.717) is 17.7 Å². The molecule has 1 fully saturated rings. The van der Waals surface area contributed by atoms with Gasteiger partial charge in [-0.1, -0.05) is 37.3 Å². The van der Waals surface area contributed by atoms with Crippen LogP contribution in [0.2, 0.25) is 0 Å². The molecule has 0 amide bonds. The summed E-state index contributed by atoms with van der Waals surface area (Å²) in [7, 11) is 0. The Morgan fingerprint density at radius 2 is 2.05 bits per heavy atom. The van der Waals surface area contributed by atoms with Crippen molar-refractivity contribution in [3.05, 3.63) is 47.7 Å². The third kappa shape index (κ3) is 2.54. The largest absolute Gasteiger partial charge is 0.423 e. The lowest BCUT2D eigenvalue weighted by atomic mass is 10.1. The molecule has 1 aromatic heterocycles. The molecule has 3 rings (SSSR count). The van der Waals surface area contributed by atoms with Gasteiger partial charge in [0.1, 0.15) is 0 Å². The van der Waals surface area contributed by atoms with E-state index < -0.39 is 0 Å². The quantitative estimate of drug-likeness (QED) is 0.894. The van der Waals surface area contributed by atoms with Gasteiger partial charge in [0.25, 0.3) is 0 Å². The van der Waals surface area contributed by atoms with Crippen molar-refractivity contribution in [2.75, 3.05) is 6.54 Å². The average Bonchev–Trinajstić information content (AvgIpc) is 3.09. The SMILES string of the molecule is CCNC(C)c1nnc(C2CC2c2ccccc2)o1. The Hall–Kier alpha value is -1.68. The molecule has 4 nitrogen and oxygen atoms in total. The summed E-state index contributed by atoms with van der Waals surface area (Å²) in [4.78, 5) is 0. The lowest BCUT2D eigenvalue weighted by molar-refractivity contribution is 0.396. The summed E-state index contributed by atoms with van der Waals surface area (Å²) in [6.07, 6.45) is 1.11. The van der Waals surface area contributed by atoms with Crippen molar-refractivity contribution >= 4 is 0 Å². The van der Waals surface area contributed by atoms with E-state index in [9.17, 15) is 0 Å². The van der Waals surface area contributed by atoms with Crippen molar-refractivity contribution in [3.8, 4) is 0 Å². The van der Waals surface area contributed by atoms with Gasteiger partial charge in [0.2, 0.25) is 11.8 Å². The van der Waals surface area contributed by atoms with Crippen LogP contribution in [0.25, 0.3) is 0 Å². The molecular formula is C15H19N3O. The minimum Gasteiger partial charge on any atom is -0.423 e. The normalized spacial score (nSPS) is 23.3. The van der Waals surface area contributed by atoms with Crippen molar-refractivity contribution in [1.82, 2.24) is 15.5 Å². The van der Waals surface area contributed by atoms with Crippen LogP contribution in [0.1, 0.15) is 55.5 Å². The third-order valence-corrected chi connectivity index (χ3v) is 3.67. The molecule has 4 heteroatoms. The van der Waals surface area contributed by atoms with Crippen molar-refractivity contribution < 1.29 is 4.42 Å². The Morgan fingerprint density at radius 1 is 1.26 bits per heavy atom.